The summed E-state index contributed by atoms with van der Waals surface area (Å²) in [5.74, 6) is 3.20. The molecule has 0 amide bonds. The van der Waals surface area contributed by atoms with Gasteiger partial charge in [-0.2, -0.15) is 4.98 Å². The molecule has 16 heavy (non-hydrogen) atoms. The Morgan fingerprint density at radius 3 is 3.19 bits per heavy atom. The lowest BCUT2D eigenvalue weighted by Crippen LogP contribution is -2.15. The van der Waals surface area contributed by atoms with Gasteiger partial charge in [0.05, 0.1) is 0 Å². The number of hydrogen-bond acceptors (Lipinski definition) is 3. The highest BCUT2D eigenvalue weighted by Gasteiger charge is 2.06. The molecule has 0 saturated heterocycles. The third-order valence-corrected chi connectivity index (χ3v) is 2.56. The van der Waals surface area contributed by atoms with E-state index in [-0.39, 0.29) is 6.04 Å². The van der Waals surface area contributed by atoms with Crippen LogP contribution < -0.4 is 5.32 Å². The van der Waals surface area contributed by atoms with Gasteiger partial charge in [-0.05, 0) is 35.0 Å². The predicted molar refractivity (Wildman–Crippen MR) is 67.2 cm³/mol. The quantitative estimate of drug-likeness (QED) is 0.877. The van der Waals surface area contributed by atoms with Gasteiger partial charge < -0.3 is 5.32 Å². The first-order valence-electron chi connectivity index (χ1n) is 4.91. The van der Waals surface area contributed by atoms with E-state index in [2.05, 4.69) is 37.2 Å². The molecule has 0 spiro atoms. The Bertz CT molecular complexity index is 540. The van der Waals surface area contributed by atoms with Crippen molar-refractivity contribution in [2.75, 3.05) is 5.32 Å². The largest absolute Gasteiger partial charge is 0.350 e. The van der Waals surface area contributed by atoms with Gasteiger partial charge in [0, 0.05) is 23.1 Å². The third kappa shape index (κ3) is 2.34. The number of terminal acetylenes is 1. The molecule has 5 heteroatoms. The molecular weight excluding hydrogens is 268 g/mol. The molecular formula is C11H11BrN4. The van der Waals surface area contributed by atoms with Crippen LogP contribution >= 0.6 is 15.9 Å². The van der Waals surface area contributed by atoms with E-state index in [9.17, 15) is 0 Å². The Hall–Kier alpha value is -1.54. The van der Waals surface area contributed by atoms with E-state index in [0.717, 1.165) is 10.1 Å². The minimum absolute atomic E-state index is 0.172. The fraction of sp³-hybridized carbons (Fsp3) is 0.273. The van der Waals surface area contributed by atoms with Gasteiger partial charge in [-0.25, -0.2) is 4.52 Å². The first-order valence-corrected chi connectivity index (χ1v) is 5.70. The second-order valence-electron chi connectivity index (χ2n) is 3.54. The summed E-state index contributed by atoms with van der Waals surface area (Å²) in [4.78, 5) is 4.33. The Kier molecular flexibility index (Phi) is 3.11. The van der Waals surface area contributed by atoms with Crippen molar-refractivity contribution in [1.29, 1.82) is 0 Å². The number of nitrogens with zero attached hydrogens (tertiary/aromatic N) is 3. The van der Waals surface area contributed by atoms with Crippen molar-refractivity contribution in [3.05, 3.63) is 22.8 Å². The molecule has 1 atom stereocenters. The van der Waals surface area contributed by atoms with Crippen LogP contribution in [-0.2, 0) is 0 Å². The minimum atomic E-state index is 0.172. The molecule has 0 radical (unpaired) electrons. The summed E-state index contributed by atoms with van der Waals surface area (Å²) in [6.07, 6.45) is 7.75. The van der Waals surface area contributed by atoms with Gasteiger partial charge in [0.15, 0.2) is 5.65 Å². The average Bonchev–Trinajstić information content (AvgIpc) is 2.59. The lowest BCUT2D eigenvalue weighted by atomic mass is 10.2. The van der Waals surface area contributed by atoms with Gasteiger partial charge in [0.1, 0.15) is 0 Å². The van der Waals surface area contributed by atoms with Gasteiger partial charge >= 0.3 is 0 Å². The van der Waals surface area contributed by atoms with Gasteiger partial charge in [-0.3, -0.25) is 0 Å². The van der Waals surface area contributed by atoms with E-state index >= 15 is 0 Å². The van der Waals surface area contributed by atoms with Crippen LogP contribution in [0, 0.1) is 12.3 Å². The van der Waals surface area contributed by atoms with Crippen LogP contribution in [0.2, 0.25) is 0 Å². The molecule has 82 valence electrons. The van der Waals surface area contributed by atoms with E-state index in [1.54, 1.807) is 4.52 Å². The van der Waals surface area contributed by atoms with Crippen molar-refractivity contribution in [2.45, 2.75) is 19.4 Å². The van der Waals surface area contributed by atoms with E-state index in [1.807, 2.05) is 25.3 Å². The lowest BCUT2D eigenvalue weighted by molar-refractivity contribution is 0.808. The van der Waals surface area contributed by atoms with Gasteiger partial charge in [-0.1, -0.05) is 0 Å². The molecule has 1 N–H and O–H groups in total. The fourth-order valence-electron chi connectivity index (χ4n) is 1.37. The minimum Gasteiger partial charge on any atom is -0.350 e. The molecule has 0 fully saturated rings. The van der Waals surface area contributed by atoms with Crippen LogP contribution in [0.25, 0.3) is 5.65 Å². The summed E-state index contributed by atoms with van der Waals surface area (Å²) in [6.45, 7) is 2.00. The molecule has 0 aliphatic rings. The second-order valence-corrected chi connectivity index (χ2v) is 4.45. The number of rotatable bonds is 3. The summed E-state index contributed by atoms with van der Waals surface area (Å²) < 4.78 is 2.68. The summed E-state index contributed by atoms with van der Waals surface area (Å²) in [5.41, 5.74) is 0.804. The topological polar surface area (TPSA) is 42.2 Å². The lowest BCUT2D eigenvalue weighted by Gasteiger charge is -2.06. The zero-order chi connectivity index (χ0) is 11.5. The van der Waals surface area contributed by atoms with E-state index in [4.69, 9.17) is 6.42 Å². The zero-order valence-electron chi connectivity index (χ0n) is 8.81. The number of fused-ring (bicyclic) bond motifs is 1. The predicted octanol–water partition coefficient (Wildman–Crippen LogP) is 2.32. The Balaban J connectivity index is 2.23. The van der Waals surface area contributed by atoms with Crippen molar-refractivity contribution < 1.29 is 0 Å². The highest BCUT2D eigenvalue weighted by atomic mass is 79.9. The molecule has 0 aliphatic heterocycles. The highest BCUT2D eigenvalue weighted by molar-refractivity contribution is 9.10. The van der Waals surface area contributed by atoms with Gasteiger partial charge in [-0.15, -0.1) is 17.4 Å². The smallest absolute Gasteiger partial charge is 0.243 e. The molecule has 0 aromatic carbocycles. The number of anilines is 1. The number of nitrogens with one attached hydrogen (secondary N) is 1. The zero-order valence-corrected chi connectivity index (χ0v) is 10.4. The number of halogens is 1. The van der Waals surface area contributed by atoms with Crippen molar-refractivity contribution in [2.24, 2.45) is 0 Å². The van der Waals surface area contributed by atoms with Gasteiger partial charge in [0.2, 0.25) is 5.95 Å². The molecule has 2 heterocycles. The maximum Gasteiger partial charge on any atom is 0.243 e. The summed E-state index contributed by atoms with van der Waals surface area (Å²) >= 11 is 3.38. The molecule has 0 saturated carbocycles. The number of hydrogen-bond donors (Lipinski definition) is 1. The Labute approximate surface area is 102 Å². The maximum absolute atomic E-state index is 5.24. The molecule has 1 unspecified atom stereocenters. The first kappa shape index (κ1) is 11.0. The SMILES string of the molecule is C#CCC(C)Nc1nc2ccc(Br)cn2n1. The second kappa shape index (κ2) is 4.54. The van der Waals surface area contributed by atoms with Crippen molar-refractivity contribution in [1.82, 2.24) is 14.6 Å². The summed E-state index contributed by atoms with van der Waals surface area (Å²) in [5, 5.41) is 7.44. The molecule has 0 aliphatic carbocycles. The standard InChI is InChI=1S/C11H11BrN4/c1-3-4-8(2)13-11-14-10-6-5-9(12)7-16(10)15-11/h1,5-8H,4H2,2H3,(H,13,15). The van der Waals surface area contributed by atoms with Crippen molar-refractivity contribution in [3.8, 4) is 12.3 Å². The first-order chi connectivity index (χ1) is 7.69. The molecule has 2 aromatic heterocycles. The number of pyridine rings is 1. The van der Waals surface area contributed by atoms with E-state index < -0.39 is 0 Å². The molecule has 4 nitrogen and oxygen atoms in total. The molecule has 2 rings (SSSR count). The molecule has 2 aromatic rings. The number of aromatic nitrogens is 3. The Morgan fingerprint density at radius 2 is 2.44 bits per heavy atom. The monoisotopic (exact) mass is 278 g/mol. The van der Waals surface area contributed by atoms with Crippen LogP contribution in [0.1, 0.15) is 13.3 Å². The van der Waals surface area contributed by atoms with Crippen LogP contribution in [0.3, 0.4) is 0 Å². The fourth-order valence-corrected chi connectivity index (χ4v) is 1.69. The average molecular weight is 279 g/mol. The van der Waals surface area contributed by atoms with Crippen LogP contribution in [-0.4, -0.2) is 20.6 Å². The van der Waals surface area contributed by atoms with Crippen LogP contribution in [0.5, 0.6) is 0 Å². The van der Waals surface area contributed by atoms with Gasteiger partial charge in [0.25, 0.3) is 0 Å². The van der Waals surface area contributed by atoms with Crippen LogP contribution in [0.15, 0.2) is 22.8 Å². The van der Waals surface area contributed by atoms with E-state index in [0.29, 0.717) is 12.4 Å². The molecule has 0 bridgehead atoms. The third-order valence-electron chi connectivity index (χ3n) is 2.09. The normalized spacial score (nSPS) is 12.3. The highest BCUT2D eigenvalue weighted by Crippen LogP contribution is 2.12. The van der Waals surface area contributed by atoms with E-state index in [1.165, 1.54) is 0 Å². The Morgan fingerprint density at radius 1 is 1.62 bits per heavy atom. The summed E-state index contributed by atoms with van der Waals surface area (Å²) in [6, 6.07) is 4.00. The maximum atomic E-state index is 5.24. The summed E-state index contributed by atoms with van der Waals surface area (Å²) in [7, 11) is 0. The van der Waals surface area contributed by atoms with Crippen LogP contribution in [0.4, 0.5) is 5.95 Å². The van der Waals surface area contributed by atoms with Crippen molar-refractivity contribution in [3.63, 3.8) is 0 Å². The van der Waals surface area contributed by atoms with Crippen molar-refractivity contribution >= 4 is 27.5 Å².